The van der Waals surface area contributed by atoms with Crippen LogP contribution < -0.4 is 20.7 Å². The summed E-state index contributed by atoms with van der Waals surface area (Å²) in [5.41, 5.74) is 1.17. The molecule has 0 aliphatic heterocycles. The van der Waals surface area contributed by atoms with Gasteiger partial charge in [-0.15, -0.1) is 24.0 Å². The van der Waals surface area contributed by atoms with Crippen molar-refractivity contribution < 1.29 is 9.53 Å². The van der Waals surface area contributed by atoms with E-state index in [2.05, 4.69) is 53.8 Å². The van der Waals surface area contributed by atoms with Crippen LogP contribution in [0.1, 0.15) is 65.0 Å². The van der Waals surface area contributed by atoms with Crippen LogP contribution in [0.4, 0.5) is 0 Å². The molecule has 0 spiro atoms. The maximum Gasteiger partial charge on any atom is 0.220 e. The van der Waals surface area contributed by atoms with Crippen LogP contribution in [-0.2, 0) is 4.79 Å². The minimum Gasteiger partial charge on any atom is -0.493 e. The Morgan fingerprint density at radius 1 is 1.21 bits per heavy atom. The van der Waals surface area contributed by atoms with Crippen molar-refractivity contribution >= 4 is 35.8 Å². The molecule has 1 aliphatic rings. The van der Waals surface area contributed by atoms with E-state index < -0.39 is 0 Å². The van der Waals surface area contributed by atoms with Gasteiger partial charge in [-0.1, -0.05) is 26.0 Å². The third-order valence-electron chi connectivity index (χ3n) is 4.44. The van der Waals surface area contributed by atoms with E-state index in [1.807, 2.05) is 19.1 Å². The fraction of sp³-hybridized carbons (Fsp3) is 0.636. The lowest BCUT2D eigenvalue weighted by Gasteiger charge is -2.18. The quantitative estimate of drug-likeness (QED) is 0.180. The number of halogens is 1. The zero-order chi connectivity index (χ0) is 20.4. The molecule has 1 atom stereocenters. The molecule has 1 aliphatic carbocycles. The summed E-state index contributed by atoms with van der Waals surface area (Å²) < 4.78 is 5.75. The molecule has 1 saturated carbocycles. The van der Waals surface area contributed by atoms with Crippen molar-refractivity contribution in [3.63, 3.8) is 0 Å². The monoisotopic (exact) mass is 516 g/mol. The van der Waals surface area contributed by atoms with E-state index in [1.54, 1.807) is 0 Å². The van der Waals surface area contributed by atoms with Gasteiger partial charge in [0.2, 0.25) is 5.91 Å². The van der Waals surface area contributed by atoms with Gasteiger partial charge >= 0.3 is 0 Å². The molecule has 1 unspecified atom stereocenters. The van der Waals surface area contributed by atoms with Crippen LogP contribution in [0.25, 0.3) is 0 Å². The largest absolute Gasteiger partial charge is 0.493 e. The van der Waals surface area contributed by atoms with Crippen molar-refractivity contribution in [1.29, 1.82) is 0 Å². The molecule has 1 aromatic carbocycles. The minimum atomic E-state index is 0. The van der Waals surface area contributed by atoms with E-state index in [0.29, 0.717) is 24.9 Å². The second kappa shape index (κ2) is 13.7. The van der Waals surface area contributed by atoms with Crippen LogP contribution in [0, 0.1) is 5.92 Å². The fourth-order valence-electron chi connectivity index (χ4n) is 2.68. The van der Waals surface area contributed by atoms with E-state index in [1.165, 1.54) is 5.56 Å². The Morgan fingerprint density at radius 3 is 2.48 bits per heavy atom. The average Bonchev–Trinajstić information content (AvgIpc) is 3.48. The number of amides is 1. The van der Waals surface area contributed by atoms with E-state index in [-0.39, 0.29) is 35.9 Å². The second-order valence-corrected chi connectivity index (χ2v) is 7.85. The first-order valence-electron chi connectivity index (χ1n) is 10.5. The molecule has 3 N–H and O–H groups in total. The van der Waals surface area contributed by atoms with Gasteiger partial charge in [0.15, 0.2) is 5.96 Å². The maximum atomic E-state index is 11.7. The molecule has 7 heteroatoms. The predicted molar refractivity (Wildman–Crippen MR) is 130 cm³/mol. The van der Waals surface area contributed by atoms with Gasteiger partial charge in [-0.2, -0.15) is 0 Å². The number of guanidine groups is 1. The highest BCUT2D eigenvalue weighted by atomic mass is 127. The minimum absolute atomic E-state index is 0. The normalized spacial score (nSPS) is 14.7. The van der Waals surface area contributed by atoms with Crippen molar-refractivity contribution in [1.82, 2.24) is 16.0 Å². The standard InChI is InChI=1S/C22H36N4O2.HI/c1-5-23-22(24-14-6-7-21(27)26-19-10-11-19)25-17(4)18-8-12-20(13-9-18)28-15-16(2)3;/h8-9,12-13,16-17,19H,5-7,10-11,14-15H2,1-4H3,(H,26,27)(H2,23,24,25);1H. The first-order valence-corrected chi connectivity index (χ1v) is 10.5. The molecule has 6 nitrogen and oxygen atoms in total. The summed E-state index contributed by atoms with van der Waals surface area (Å²) in [7, 11) is 0. The summed E-state index contributed by atoms with van der Waals surface area (Å²) in [5.74, 6) is 2.33. The lowest BCUT2D eigenvalue weighted by atomic mass is 10.1. The molecular weight excluding hydrogens is 479 g/mol. The van der Waals surface area contributed by atoms with Crippen molar-refractivity contribution in [3.8, 4) is 5.75 Å². The molecule has 29 heavy (non-hydrogen) atoms. The highest BCUT2D eigenvalue weighted by molar-refractivity contribution is 14.0. The van der Waals surface area contributed by atoms with Gasteiger partial charge in [0.25, 0.3) is 0 Å². The van der Waals surface area contributed by atoms with Crippen LogP contribution in [0.2, 0.25) is 0 Å². The van der Waals surface area contributed by atoms with Crippen molar-refractivity contribution in [3.05, 3.63) is 29.8 Å². The SMILES string of the molecule is CCNC(=NCCCC(=O)NC1CC1)NC(C)c1ccc(OCC(C)C)cc1.I. The lowest BCUT2D eigenvalue weighted by Crippen LogP contribution is -2.38. The number of benzene rings is 1. The fourth-order valence-corrected chi connectivity index (χ4v) is 2.68. The smallest absolute Gasteiger partial charge is 0.220 e. The van der Waals surface area contributed by atoms with Crippen LogP contribution in [0.15, 0.2) is 29.3 Å². The zero-order valence-corrected chi connectivity index (χ0v) is 20.5. The first-order chi connectivity index (χ1) is 13.5. The van der Waals surface area contributed by atoms with E-state index in [4.69, 9.17) is 4.74 Å². The topological polar surface area (TPSA) is 74.8 Å². The molecule has 1 amide bonds. The molecular formula is C22H37IN4O2. The third-order valence-corrected chi connectivity index (χ3v) is 4.44. The van der Waals surface area contributed by atoms with Crippen LogP contribution in [-0.4, -0.2) is 37.6 Å². The first kappa shape index (κ1) is 25.5. The molecule has 0 bridgehead atoms. The second-order valence-electron chi connectivity index (χ2n) is 7.85. The van der Waals surface area contributed by atoms with Crippen LogP contribution in [0.3, 0.4) is 0 Å². The van der Waals surface area contributed by atoms with Gasteiger partial charge in [0.1, 0.15) is 5.75 Å². The Kier molecular flexibility index (Phi) is 12.0. The maximum absolute atomic E-state index is 11.7. The van der Waals surface area contributed by atoms with Gasteiger partial charge in [-0.05, 0) is 56.7 Å². The molecule has 0 radical (unpaired) electrons. The molecule has 164 valence electrons. The van der Waals surface area contributed by atoms with Gasteiger partial charge in [-0.3, -0.25) is 9.79 Å². The number of rotatable bonds is 11. The Labute approximate surface area is 192 Å². The molecule has 2 rings (SSSR count). The van der Waals surface area contributed by atoms with Crippen molar-refractivity contribution in [2.24, 2.45) is 10.9 Å². The zero-order valence-electron chi connectivity index (χ0n) is 18.2. The van der Waals surface area contributed by atoms with Crippen molar-refractivity contribution in [2.75, 3.05) is 19.7 Å². The van der Waals surface area contributed by atoms with E-state index in [9.17, 15) is 4.79 Å². The Morgan fingerprint density at radius 2 is 1.90 bits per heavy atom. The number of carbonyl (C=O) groups is 1. The Bertz CT molecular complexity index is 630. The number of hydrogen-bond acceptors (Lipinski definition) is 3. The average molecular weight is 516 g/mol. The number of nitrogens with zero attached hydrogens (tertiary/aromatic N) is 1. The predicted octanol–water partition coefficient (Wildman–Crippen LogP) is 4.01. The highest BCUT2D eigenvalue weighted by Gasteiger charge is 2.22. The van der Waals surface area contributed by atoms with Crippen molar-refractivity contribution in [2.45, 2.75) is 65.5 Å². The number of hydrogen-bond donors (Lipinski definition) is 3. The summed E-state index contributed by atoms with van der Waals surface area (Å²) in [6.45, 7) is 10.6. The number of aliphatic imine (C=N–C) groups is 1. The molecule has 1 fully saturated rings. The molecule has 0 heterocycles. The summed E-state index contributed by atoms with van der Waals surface area (Å²) in [4.78, 5) is 16.3. The third kappa shape index (κ3) is 10.7. The van der Waals surface area contributed by atoms with Gasteiger partial charge in [0, 0.05) is 25.6 Å². The van der Waals surface area contributed by atoms with E-state index in [0.717, 1.165) is 44.1 Å². The Balaban J connectivity index is 0.00000420. The van der Waals surface area contributed by atoms with Gasteiger partial charge < -0.3 is 20.7 Å². The summed E-state index contributed by atoms with van der Waals surface area (Å²) in [6, 6.07) is 8.74. The van der Waals surface area contributed by atoms with Crippen LogP contribution in [0.5, 0.6) is 5.75 Å². The van der Waals surface area contributed by atoms with Crippen LogP contribution >= 0.6 is 24.0 Å². The summed E-state index contributed by atoms with van der Waals surface area (Å²) >= 11 is 0. The Hall–Kier alpha value is -1.51. The number of carbonyl (C=O) groups excluding carboxylic acids is 1. The summed E-state index contributed by atoms with van der Waals surface area (Å²) in [6.07, 6.45) is 3.54. The highest BCUT2D eigenvalue weighted by Crippen LogP contribution is 2.19. The van der Waals surface area contributed by atoms with Gasteiger partial charge in [0.05, 0.1) is 12.6 Å². The molecule has 1 aromatic rings. The number of nitrogens with one attached hydrogen (secondary N) is 3. The van der Waals surface area contributed by atoms with Gasteiger partial charge in [-0.25, -0.2) is 0 Å². The molecule has 0 saturated heterocycles. The number of ether oxygens (including phenoxy) is 1. The molecule has 0 aromatic heterocycles. The van der Waals surface area contributed by atoms with E-state index >= 15 is 0 Å². The lowest BCUT2D eigenvalue weighted by molar-refractivity contribution is -0.121. The summed E-state index contributed by atoms with van der Waals surface area (Å²) in [5, 5.41) is 9.71.